The van der Waals surface area contributed by atoms with E-state index in [1.165, 1.54) is 50.1 Å². The highest BCUT2D eigenvalue weighted by Gasteiger charge is 2.24. The minimum Gasteiger partial charge on any atom is -0.387 e. The standard InChI is InChI=1S/C50H44N4/c1-3-7-35(8-4-1)37-11-15-39(16-12-37)45-31-46(40-17-13-38(14-18-40)36-9-5-2-6-10-36)33-47(32-45)41-19-21-42(22-20-41)48-34-49(43-23-27-51-28-24-43)54-50(53-48)44-25-29-52-30-26-44/h1,3,5,7,9-21,23-29,31,33-34,42,47,52H,2,4,6,8,22,30,32H2. The highest BCUT2D eigenvalue weighted by molar-refractivity contribution is 5.88. The van der Waals surface area contributed by atoms with Crippen LogP contribution in [0.2, 0.25) is 0 Å². The van der Waals surface area contributed by atoms with Crippen LogP contribution in [0.1, 0.15) is 78.2 Å². The fraction of sp³-hybridized carbons (Fsp3) is 0.180. The van der Waals surface area contributed by atoms with Crippen LogP contribution in [0.25, 0.3) is 39.1 Å². The van der Waals surface area contributed by atoms with Crippen LogP contribution in [0, 0.1) is 5.92 Å². The van der Waals surface area contributed by atoms with Gasteiger partial charge >= 0.3 is 0 Å². The average Bonchev–Trinajstić information content (AvgIpc) is 3.27. The second kappa shape index (κ2) is 15.5. The van der Waals surface area contributed by atoms with Crippen molar-refractivity contribution in [2.24, 2.45) is 5.92 Å². The Hall–Kier alpha value is -6.13. The van der Waals surface area contributed by atoms with E-state index < -0.39 is 0 Å². The summed E-state index contributed by atoms with van der Waals surface area (Å²) in [5.41, 5.74) is 16.0. The van der Waals surface area contributed by atoms with Gasteiger partial charge in [0.1, 0.15) is 0 Å². The predicted molar refractivity (Wildman–Crippen MR) is 225 cm³/mol. The Morgan fingerprint density at radius 2 is 1.43 bits per heavy atom. The molecule has 2 atom stereocenters. The SMILES string of the molecule is C1=CCCC(c2ccc(C3=CC(c4ccc(C5=CCCC=C5)cc4)=CC(C4=CCC(c5cc(-c6ccncc6)nc(C6=CCNC=C6)n5)C=C4)C3)cc2)=C1. The summed E-state index contributed by atoms with van der Waals surface area (Å²) in [6.07, 6.45) is 41.8. The summed E-state index contributed by atoms with van der Waals surface area (Å²) in [5.74, 6) is 1.20. The quantitative estimate of drug-likeness (QED) is 0.199. The molecule has 4 aliphatic carbocycles. The van der Waals surface area contributed by atoms with Gasteiger partial charge in [0.2, 0.25) is 0 Å². The van der Waals surface area contributed by atoms with Crippen molar-refractivity contribution in [3.8, 4) is 11.3 Å². The molecule has 1 aliphatic heterocycles. The van der Waals surface area contributed by atoms with Crippen molar-refractivity contribution >= 4 is 27.9 Å². The third-order valence-corrected chi connectivity index (χ3v) is 11.1. The largest absolute Gasteiger partial charge is 0.387 e. The summed E-state index contributed by atoms with van der Waals surface area (Å²) in [6.45, 7) is 0.770. The molecule has 4 aromatic rings. The van der Waals surface area contributed by atoms with Gasteiger partial charge in [-0.05, 0) is 119 Å². The van der Waals surface area contributed by atoms with Gasteiger partial charge in [0.15, 0.2) is 5.82 Å². The molecule has 0 fully saturated rings. The van der Waals surface area contributed by atoms with Crippen LogP contribution in [0.4, 0.5) is 0 Å². The maximum Gasteiger partial charge on any atom is 0.159 e. The first-order valence-electron chi connectivity index (χ1n) is 19.4. The molecule has 0 bridgehead atoms. The van der Waals surface area contributed by atoms with Gasteiger partial charge in [-0.3, -0.25) is 4.98 Å². The van der Waals surface area contributed by atoms with E-state index in [-0.39, 0.29) is 11.8 Å². The molecule has 2 aromatic heterocycles. The summed E-state index contributed by atoms with van der Waals surface area (Å²) in [7, 11) is 0. The molecule has 0 amide bonds. The molecule has 54 heavy (non-hydrogen) atoms. The van der Waals surface area contributed by atoms with Gasteiger partial charge in [0.25, 0.3) is 0 Å². The lowest BCUT2D eigenvalue weighted by atomic mass is 9.78. The van der Waals surface area contributed by atoms with E-state index in [1.54, 1.807) is 0 Å². The number of pyridine rings is 1. The first kappa shape index (κ1) is 33.7. The number of rotatable bonds is 8. The Morgan fingerprint density at radius 3 is 2.13 bits per heavy atom. The lowest BCUT2D eigenvalue weighted by Gasteiger charge is -2.26. The average molecular weight is 701 g/mol. The van der Waals surface area contributed by atoms with E-state index in [2.05, 4.69) is 144 Å². The Kier molecular flexibility index (Phi) is 9.64. The Morgan fingerprint density at radius 1 is 0.630 bits per heavy atom. The molecule has 9 rings (SSSR count). The third kappa shape index (κ3) is 7.38. The van der Waals surface area contributed by atoms with Gasteiger partial charge in [-0.1, -0.05) is 121 Å². The van der Waals surface area contributed by atoms with Crippen LogP contribution < -0.4 is 5.32 Å². The summed E-state index contributed by atoms with van der Waals surface area (Å²) < 4.78 is 0. The van der Waals surface area contributed by atoms with E-state index in [1.807, 2.05) is 30.7 Å². The van der Waals surface area contributed by atoms with Crippen molar-refractivity contribution in [2.75, 3.05) is 6.54 Å². The zero-order chi connectivity index (χ0) is 36.1. The number of aromatic nitrogens is 3. The molecular formula is C50H44N4. The van der Waals surface area contributed by atoms with E-state index in [0.29, 0.717) is 0 Å². The van der Waals surface area contributed by atoms with Crippen LogP contribution in [-0.2, 0) is 0 Å². The van der Waals surface area contributed by atoms with E-state index in [4.69, 9.17) is 9.97 Å². The molecule has 264 valence electrons. The number of hydrogen-bond acceptors (Lipinski definition) is 4. The van der Waals surface area contributed by atoms with Gasteiger partial charge in [0, 0.05) is 41.9 Å². The summed E-state index contributed by atoms with van der Waals surface area (Å²) in [4.78, 5) is 14.4. The lowest BCUT2D eigenvalue weighted by molar-refractivity contribution is 0.747. The maximum absolute atomic E-state index is 5.14. The van der Waals surface area contributed by atoms with Gasteiger partial charge in [-0.25, -0.2) is 9.97 Å². The Balaban J connectivity index is 1.02. The van der Waals surface area contributed by atoms with Gasteiger partial charge in [0.05, 0.1) is 11.4 Å². The van der Waals surface area contributed by atoms with Crippen molar-refractivity contribution in [3.63, 3.8) is 0 Å². The van der Waals surface area contributed by atoms with Crippen LogP contribution in [0.5, 0.6) is 0 Å². The number of allylic oxidation sites excluding steroid dienone is 18. The molecule has 2 aromatic carbocycles. The normalized spacial score (nSPS) is 20.6. The first-order valence-corrected chi connectivity index (χ1v) is 19.4. The van der Waals surface area contributed by atoms with E-state index >= 15 is 0 Å². The van der Waals surface area contributed by atoms with Crippen LogP contribution >= 0.6 is 0 Å². The molecule has 1 N–H and O–H groups in total. The van der Waals surface area contributed by atoms with E-state index in [9.17, 15) is 0 Å². The second-order valence-corrected chi connectivity index (χ2v) is 14.6. The minimum absolute atomic E-state index is 0.164. The molecule has 0 spiro atoms. The molecule has 3 heterocycles. The van der Waals surface area contributed by atoms with Gasteiger partial charge in [-0.15, -0.1) is 0 Å². The highest BCUT2D eigenvalue weighted by Crippen LogP contribution is 2.41. The molecular weight excluding hydrogens is 657 g/mol. The van der Waals surface area contributed by atoms with Crippen molar-refractivity contribution in [2.45, 2.75) is 44.4 Å². The van der Waals surface area contributed by atoms with Crippen molar-refractivity contribution in [1.29, 1.82) is 0 Å². The predicted octanol–water partition coefficient (Wildman–Crippen LogP) is 11.7. The molecule has 0 radical (unpaired) electrons. The fourth-order valence-corrected chi connectivity index (χ4v) is 8.03. The Bertz CT molecular complexity index is 2360. The maximum atomic E-state index is 5.14. The van der Waals surface area contributed by atoms with Crippen LogP contribution in [-0.4, -0.2) is 21.5 Å². The summed E-state index contributed by atoms with van der Waals surface area (Å²) in [6, 6.07) is 24.6. The zero-order valence-corrected chi connectivity index (χ0v) is 30.5. The number of nitrogens with one attached hydrogen (secondary N) is 1. The molecule has 2 unspecified atom stereocenters. The lowest BCUT2D eigenvalue weighted by Crippen LogP contribution is -2.12. The van der Waals surface area contributed by atoms with Crippen molar-refractivity contribution in [1.82, 2.24) is 20.3 Å². The topological polar surface area (TPSA) is 50.7 Å². The third-order valence-electron chi connectivity index (χ3n) is 11.1. The van der Waals surface area contributed by atoms with Crippen molar-refractivity contribution < 1.29 is 0 Å². The number of dihydropyridines is 1. The smallest absolute Gasteiger partial charge is 0.159 e. The van der Waals surface area contributed by atoms with E-state index in [0.717, 1.165) is 73.4 Å². The molecule has 5 aliphatic rings. The molecule has 0 saturated heterocycles. The van der Waals surface area contributed by atoms with Crippen LogP contribution in [0.3, 0.4) is 0 Å². The summed E-state index contributed by atoms with van der Waals surface area (Å²) in [5, 5.41) is 3.25. The monoisotopic (exact) mass is 700 g/mol. The molecule has 4 heteroatoms. The second-order valence-electron chi connectivity index (χ2n) is 14.6. The number of hydrogen-bond donors (Lipinski definition) is 1. The molecule has 0 saturated carbocycles. The Labute approximate surface area is 318 Å². The molecule has 4 nitrogen and oxygen atoms in total. The number of benzene rings is 2. The first-order chi connectivity index (χ1) is 26.7. The highest BCUT2D eigenvalue weighted by atomic mass is 14.9. The zero-order valence-electron chi connectivity index (χ0n) is 30.5. The minimum atomic E-state index is 0.164. The number of nitrogens with zero attached hydrogens (tertiary/aromatic N) is 3. The summed E-state index contributed by atoms with van der Waals surface area (Å²) >= 11 is 0. The van der Waals surface area contributed by atoms with Crippen molar-refractivity contribution in [3.05, 3.63) is 204 Å². The fourth-order valence-electron chi connectivity index (χ4n) is 8.03. The van der Waals surface area contributed by atoms with Crippen LogP contribution in [0.15, 0.2) is 170 Å². The van der Waals surface area contributed by atoms with Gasteiger partial charge < -0.3 is 5.32 Å². The van der Waals surface area contributed by atoms with Gasteiger partial charge in [-0.2, -0.15) is 0 Å².